The number of H-pyrrole nitrogens is 2. The zero-order valence-corrected chi connectivity index (χ0v) is 20.2. The Bertz CT molecular complexity index is 1560. The molecule has 5 aromatic heterocycles. The van der Waals surface area contributed by atoms with E-state index in [1.54, 1.807) is 12.4 Å². The van der Waals surface area contributed by atoms with Crippen molar-refractivity contribution >= 4 is 39.3 Å². The number of hydrogen-bond donors (Lipinski definition) is 3. The molecule has 6 rings (SSSR count). The Balaban J connectivity index is 1.38. The van der Waals surface area contributed by atoms with E-state index >= 15 is 0 Å². The number of aromatic nitrogens is 6. The molecule has 1 aliphatic rings. The number of amides is 1. The van der Waals surface area contributed by atoms with Crippen LogP contribution in [0.25, 0.3) is 44.6 Å². The highest BCUT2D eigenvalue weighted by Crippen LogP contribution is 2.33. The van der Waals surface area contributed by atoms with Crippen molar-refractivity contribution in [2.45, 2.75) is 13.3 Å². The fraction of sp³-hybridized carbons (Fsp3) is 0.269. The number of aromatic amines is 2. The number of carbonyl (C=O) groups excluding carboxylic acids is 1. The normalized spacial score (nSPS) is 14.6. The number of rotatable bonds is 5. The van der Waals surface area contributed by atoms with Gasteiger partial charge in [-0.1, -0.05) is 6.92 Å². The summed E-state index contributed by atoms with van der Waals surface area (Å²) in [6.07, 6.45) is 5.64. The summed E-state index contributed by atoms with van der Waals surface area (Å²) < 4.78 is 0. The molecule has 10 nitrogen and oxygen atoms in total. The zero-order valence-electron chi connectivity index (χ0n) is 20.2. The lowest BCUT2D eigenvalue weighted by molar-refractivity contribution is -0.115. The molecule has 5 aromatic rings. The number of likely N-dealkylation sites (N-methyl/N-ethyl adjacent to an activating group) is 1. The summed E-state index contributed by atoms with van der Waals surface area (Å²) in [5.41, 5.74) is 6.46. The van der Waals surface area contributed by atoms with Gasteiger partial charge >= 0.3 is 0 Å². The highest BCUT2D eigenvalue weighted by molar-refractivity contribution is 5.98. The van der Waals surface area contributed by atoms with Crippen molar-refractivity contribution in [2.75, 3.05) is 43.4 Å². The Morgan fingerprint density at radius 1 is 1.08 bits per heavy atom. The van der Waals surface area contributed by atoms with Gasteiger partial charge in [0.2, 0.25) is 5.91 Å². The first-order valence-electron chi connectivity index (χ1n) is 12.1. The molecule has 0 unspecified atom stereocenters. The molecule has 0 bridgehead atoms. The van der Waals surface area contributed by atoms with Gasteiger partial charge in [0.15, 0.2) is 0 Å². The number of piperazine rings is 1. The lowest BCUT2D eigenvalue weighted by atomic mass is 10.1. The van der Waals surface area contributed by atoms with Crippen LogP contribution in [-0.4, -0.2) is 74.2 Å². The molecule has 10 heteroatoms. The van der Waals surface area contributed by atoms with Crippen LogP contribution in [-0.2, 0) is 4.79 Å². The first kappa shape index (κ1) is 22.2. The van der Waals surface area contributed by atoms with Gasteiger partial charge in [0, 0.05) is 55.9 Å². The van der Waals surface area contributed by atoms with E-state index in [1.165, 1.54) is 0 Å². The summed E-state index contributed by atoms with van der Waals surface area (Å²) in [7, 11) is 2.15. The molecule has 0 spiro atoms. The van der Waals surface area contributed by atoms with Crippen LogP contribution < -0.4 is 10.2 Å². The third-order valence-electron chi connectivity index (χ3n) is 6.63. The molecular formula is C26H27N9O. The van der Waals surface area contributed by atoms with Crippen LogP contribution in [0.15, 0.2) is 48.9 Å². The predicted octanol–water partition coefficient (Wildman–Crippen LogP) is 3.66. The Labute approximate surface area is 207 Å². The van der Waals surface area contributed by atoms with Crippen molar-refractivity contribution in [1.29, 1.82) is 0 Å². The topological polar surface area (TPSA) is 119 Å². The standard InChI is InChI=1S/C26H27N9O/c1-3-23(36)29-17-12-16(14-27-15-17)19-4-5-21-24(31-19)25(33-32-21)22-13-18-20(30-22)6-7-28-26(18)35-10-8-34(2)9-11-35/h4-7,12-15,30H,3,8-11H2,1-2H3,(H,29,36)(H,32,33). The van der Waals surface area contributed by atoms with E-state index in [4.69, 9.17) is 9.97 Å². The number of pyridine rings is 3. The Kier molecular flexibility index (Phi) is 5.57. The Morgan fingerprint density at radius 2 is 1.94 bits per heavy atom. The molecule has 6 heterocycles. The lowest BCUT2D eigenvalue weighted by Crippen LogP contribution is -2.44. The van der Waals surface area contributed by atoms with Gasteiger partial charge < -0.3 is 20.1 Å². The summed E-state index contributed by atoms with van der Waals surface area (Å²) in [4.78, 5) is 33.9. The third kappa shape index (κ3) is 4.05. The summed E-state index contributed by atoms with van der Waals surface area (Å²) in [6.45, 7) is 5.75. The van der Waals surface area contributed by atoms with Crippen LogP contribution in [0.2, 0.25) is 0 Å². The molecule has 1 aliphatic heterocycles. The maximum atomic E-state index is 11.8. The predicted molar refractivity (Wildman–Crippen MR) is 141 cm³/mol. The van der Waals surface area contributed by atoms with E-state index < -0.39 is 0 Å². The summed E-state index contributed by atoms with van der Waals surface area (Å²) in [5.74, 6) is 0.937. The smallest absolute Gasteiger partial charge is 0.224 e. The number of nitrogens with zero attached hydrogens (tertiary/aromatic N) is 6. The minimum absolute atomic E-state index is 0.0567. The van der Waals surface area contributed by atoms with Crippen LogP contribution in [0.5, 0.6) is 0 Å². The molecule has 36 heavy (non-hydrogen) atoms. The van der Waals surface area contributed by atoms with Crippen molar-refractivity contribution in [3.8, 4) is 22.6 Å². The average molecular weight is 482 g/mol. The van der Waals surface area contributed by atoms with Gasteiger partial charge in [-0.2, -0.15) is 5.10 Å². The molecule has 0 aliphatic carbocycles. The second-order valence-electron chi connectivity index (χ2n) is 9.10. The van der Waals surface area contributed by atoms with Gasteiger partial charge in [0.25, 0.3) is 0 Å². The largest absolute Gasteiger partial charge is 0.353 e. The van der Waals surface area contributed by atoms with Crippen LogP contribution in [0.1, 0.15) is 13.3 Å². The average Bonchev–Trinajstić information content (AvgIpc) is 3.53. The van der Waals surface area contributed by atoms with Crippen LogP contribution in [0.3, 0.4) is 0 Å². The van der Waals surface area contributed by atoms with E-state index in [-0.39, 0.29) is 5.91 Å². The van der Waals surface area contributed by atoms with E-state index in [9.17, 15) is 4.79 Å². The number of fused-ring (bicyclic) bond motifs is 2. The first-order chi connectivity index (χ1) is 17.6. The van der Waals surface area contributed by atoms with Gasteiger partial charge in [0.1, 0.15) is 17.0 Å². The van der Waals surface area contributed by atoms with E-state index in [1.807, 2.05) is 37.4 Å². The van der Waals surface area contributed by atoms with Gasteiger partial charge in [-0.05, 0) is 37.4 Å². The van der Waals surface area contributed by atoms with Gasteiger partial charge in [0.05, 0.1) is 34.3 Å². The molecule has 0 aromatic carbocycles. The Hall–Kier alpha value is -4.31. The van der Waals surface area contributed by atoms with Crippen molar-refractivity contribution in [1.82, 2.24) is 35.0 Å². The summed E-state index contributed by atoms with van der Waals surface area (Å²) >= 11 is 0. The molecule has 3 N–H and O–H groups in total. The van der Waals surface area contributed by atoms with Crippen molar-refractivity contribution < 1.29 is 4.79 Å². The maximum Gasteiger partial charge on any atom is 0.224 e. The Morgan fingerprint density at radius 3 is 2.78 bits per heavy atom. The summed E-state index contributed by atoms with van der Waals surface area (Å²) in [6, 6.07) is 9.88. The molecular weight excluding hydrogens is 454 g/mol. The van der Waals surface area contributed by atoms with Gasteiger partial charge in [-0.15, -0.1) is 0 Å². The monoisotopic (exact) mass is 481 g/mol. The number of anilines is 2. The van der Waals surface area contributed by atoms with E-state index in [0.717, 1.165) is 76.6 Å². The highest BCUT2D eigenvalue weighted by Gasteiger charge is 2.20. The van der Waals surface area contributed by atoms with Crippen molar-refractivity contribution in [2.24, 2.45) is 0 Å². The number of hydrogen-bond acceptors (Lipinski definition) is 7. The summed E-state index contributed by atoms with van der Waals surface area (Å²) in [5, 5.41) is 11.6. The molecule has 1 amide bonds. The SMILES string of the molecule is CCC(=O)Nc1cncc(-c2ccc3[nH]nc(-c4cc5c(N6CCN(C)CC6)nccc5[nH]4)c3n2)c1. The minimum Gasteiger partial charge on any atom is -0.353 e. The molecule has 0 atom stereocenters. The number of carbonyl (C=O) groups is 1. The molecule has 0 radical (unpaired) electrons. The van der Waals surface area contributed by atoms with E-state index in [2.05, 4.69) is 48.4 Å². The fourth-order valence-electron chi connectivity index (χ4n) is 4.58. The third-order valence-corrected chi connectivity index (χ3v) is 6.63. The second kappa shape index (κ2) is 9.04. The van der Waals surface area contributed by atoms with Crippen LogP contribution >= 0.6 is 0 Å². The quantitative estimate of drug-likeness (QED) is 0.350. The van der Waals surface area contributed by atoms with Crippen LogP contribution in [0, 0.1) is 0 Å². The zero-order chi connectivity index (χ0) is 24.6. The van der Waals surface area contributed by atoms with E-state index in [0.29, 0.717) is 12.1 Å². The maximum absolute atomic E-state index is 11.8. The second-order valence-corrected chi connectivity index (χ2v) is 9.10. The first-order valence-corrected chi connectivity index (χ1v) is 12.1. The molecule has 1 saturated heterocycles. The number of nitrogens with one attached hydrogen (secondary N) is 3. The van der Waals surface area contributed by atoms with Crippen molar-refractivity contribution in [3.05, 3.63) is 48.9 Å². The van der Waals surface area contributed by atoms with Gasteiger partial charge in [-0.3, -0.25) is 14.9 Å². The fourth-order valence-corrected chi connectivity index (χ4v) is 4.58. The van der Waals surface area contributed by atoms with Crippen molar-refractivity contribution in [3.63, 3.8) is 0 Å². The van der Waals surface area contributed by atoms with Gasteiger partial charge in [-0.25, -0.2) is 9.97 Å². The molecule has 1 fully saturated rings. The highest BCUT2D eigenvalue weighted by atomic mass is 16.1. The lowest BCUT2D eigenvalue weighted by Gasteiger charge is -2.33. The molecule has 0 saturated carbocycles. The molecule has 182 valence electrons. The van der Waals surface area contributed by atoms with Crippen LogP contribution in [0.4, 0.5) is 11.5 Å². The minimum atomic E-state index is -0.0567.